The molecule has 1 saturated heterocycles. The first-order valence-corrected chi connectivity index (χ1v) is 11.8. The fourth-order valence-corrected chi connectivity index (χ4v) is 4.48. The average molecular weight is 558 g/mol. The zero-order valence-electron chi connectivity index (χ0n) is 19.2. The van der Waals surface area contributed by atoms with Gasteiger partial charge in [0.15, 0.2) is 5.96 Å². The summed E-state index contributed by atoms with van der Waals surface area (Å²) in [6.07, 6.45) is 0.892. The molecule has 2 heterocycles. The van der Waals surface area contributed by atoms with Crippen LogP contribution in [0.3, 0.4) is 0 Å². The minimum Gasteiger partial charge on any atom is -0.352 e. The van der Waals surface area contributed by atoms with E-state index in [1.165, 1.54) is 22.7 Å². The zero-order chi connectivity index (χ0) is 21.3. The maximum Gasteiger partial charge on any atom is 0.205 e. The lowest BCUT2D eigenvalue weighted by molar-refractivity contribution is 0.296. The summed E-state index contributed by atoms with van der Waals surface area (Å²) in [5.41, 5.74) is 2.66. The average Bonchev–Trinajstić information content (AvgIpc) is 3.28. The van der Waals surface area contributed by atoms with Crippen LogP contribution in [0.1, 0.15) is 37.7 Å². The van der Waals surface area contributed by atoms with Crippen molar-refractivity contribution in [2.24, 2.45) is 4.99 Å². The second-order valence-corrected chi connectivity index (χ2v) is 8.23. The van der Waals surface area contributed by atoms with Gasteiger partial charge in [0.05, 0.1) is 0 Å². The molecule has 31 heavy (non-hydrogen) atoms. The van der Waals surface area contributed by atoms with Gasteiger partial charge in [0.25, 0.3) is 0 Å². The van der Waals surface area contributed by atoms with Crippen LogP contribution in [0.2, 0.25) is 0 Å². The van der Waals surface area contributed by atoms with Gasteiger partial charge in [-0.25, -0.2) is 4.98 Å². The molecule has 2 aromatic rings. The fourth-order valence-electron chi connectivity index (χ4n) is 3.68. The first-order chi connectivity index (χ1) is 14.7. The predicted octanol–water partition coefficient (Wildman–Crippen LogP) is 3.46. The standard InChI is InChI=1S/C22H35N7S.HI/c1-5-20-25-22(30-26-20)29-13-11-28(12-14-29)21(23-4)24-16-18-9-8-10-19(15-18)17-27(6-2)7-3;/h8-10,15H,5-7,11-14,16-17H2,1-4H3,(H,23,24);1H. The van der Waals surface area contributed by atoms with Crippen LogP contribution in [0, 0.1) is 0 Å². The van der Waals surface area contributed by atoms with Crippen LogP contribution >= 0.6 is 35.5 Å². The van der Waals surface area contributed by atoms with Crippen LogP contribution in [0.25, 0.3) is 0 Å². The summed E-state index contributed by atoms with van der Waals surface area (Å²) in [5.74, 6) is 1.91. The number of piperazine rings is 1. The summed E-state index contributed by atoms with van der Waals surface area (Å²) in [5, 5.41) is 4.59. The molecule has 9 heteroatoms. The molecule has 0 bridgehead atoms. The Morgan fingerprint density at radius 2 is 1.84 bits per heavy atom. The topological polar surface area (TPSA) is 59.9 Å². The second kappa shape index (κ2) is 13.2. The molecule has 1 aromatic heterocycles. The van der Waals surface area contributed by atoms with Gasteiger partial charge in [-0.1, -0.05) is 45.0 Å². The molecule has 1 N–H and O–H groups in total. The summed E-state index contributed by atoms with van der Waals surface area (Å²) in [4.78, 5) is 16.2. The van der Waals surface area contributed by atoms with E-state index in [9.17, 15) is 0 Å². The SMILES string of the molecule is CCc1nsc(N2CCN(C(=NC)NCc3cccc(CN(CC)CC)c3)CC2)n1.I. The second-order valence-electron chi connectivity index (χ2n) is 7.50. The third-order valence-electron chi connectivity index (χ3n) is 5.58. The first kappa shape index (κ1) is 25.8. The van der Waals surface area contributed by atoms with Crippen molar-refractivity contribution >= 4 is 46.6 Å². The number of aromatic nitrogens is 2. The lowest BCUT2D eigenvalue weighted by Crippen LogP contribution is -2.52. The number of hydrogen-bond acceptors (Lipinski definition) is 6. The fraction of sp³-hybridized carbons (Fsp3) is 0.591. The van der Waals surface area contributed by atoms with Crippen molar-refractivity contribution in [2.75, 3.05) is 51.2 Å². The van der Waals surface area contributed by atoms with E-state index in [0.29, 0.717) is 0 Å². The van der Waals surface area contributed by atoms with Gasteiger partial charge in [-0.3, -0.25) is 9.89 Å². The van der Waals surface area contributed by atoms with E-state index in [4.69, 9.17) is 0 Å². The molecule has 1 aromatic carbocycles. The normalized spacial score (nSPS) is 14.7. The van der Waals surface area contributed by atoms with Gasteiger partial charge >= 0.3 is 0 Å². The van der Waals surface area contributed by atoms with Gasteiger partial charge in [-0.2, -0.15) is 4.37 Å². The third kappa shape index (κ3) is 7.28. The Kier molecular flexibility index (Phi) is 11.0. The Morgan fingerprint density at radius 1 is 1.13 bits per heavy atom. The number of aryl methyl sites for hydroxylation is 1. The Morgan fingerprint density at radius 3 is 2.45 bits per heavy atom. The highest BCUT2D eigenvalue weighted by molar-refractivity contribution is 14.0. The molecular weight excluding hydrogens is 521 g/mol. The molecule has 172 valence electrons. The number of hydrogen-bond donors (Lipinski definition) is 1. The number of benzene rings is 1. The molecule has 3 rings (SSSR count). The lowest BCUT2D eigenvalue weighted by atomic mass is 10.1. The molecule has 7 nitrogen and oxygen atoms in total. The van der Waals surface area contributed by atoms with Crippen LogP contribution in [0.15, 0.2) is 29.3 Å². The van der Waals surface area contributed by atoms with Crippen molar-refractivity contribution in [1.82, 2.24) is 24.5 Å². The van der Waals surface area contributed by atoms with Crippen molar-refractivity contribution < 1.29 is 0 Å². The Bertz CT molecular complexity index is 814. The number of rotatable bonds is 8. The van der Waals surface area contributed by atoms with Gasteiger partial charge in [0.1, 0.15) is 5.82 Å². The van der Waals surface area contributed by atoms with Gasteiger partial charge < -0.3 is 15.1 Å². The third-order valence-corrected chi connectivity index (χ3v) is 6.39. The summed E-state index contributed by atoms with van der Waals surface area (Å²) in [6.45, 7) is 14.2. The predicted molar refractivity (Wildman–Crippen MR) is 142 cm³/mol. The molecule has 1 aliphatic heterocycles. The maximum atomic E-state index is 4.62. The van der Waals surface area contributed by atoms with E-state index in [-0.39, 0.29) is 24.0 Å². The largest absolute Gasteiger partial charge is 0.352 e. The van der Waals surface area contributed by atoms with E-state index in [1.807, 2.05) is 7.05 Å². The van der Waals surface area contributed by atoms with Crippen molar-refractivity contribution in [3.63, 3.8) is 0 Å². The number of anilines is 1. The number of guanidine groups is 1. The highest BCUT2D eigenvalue weighted by Gasteiger charge is 2.22. The minimum absolute atomic E-state index is 0. The number of nitrogens with one attached hydrogen (secondary N) is 1. The molecule has 1 fully saturated rings. The van der Waals surface area contributed by atoms with E-state index in [1.54, 1.807) is 0 Å². The highest BCUT2D eigenvalue weighted by atomic mass is 127. The molecule has 0 saturated carbocycles. The molecule has 1 aliphatic rings. The molecule has 0 radical (unpaired) electrons. The van der Waals surface area contributed by atoms with Gasteiger partial charge in [0.2, 0.25) is 5.13 Å². The molecule has 0 amide bonds. The Balaban J connectivity index is 0.00000341. The monoisotopic (exact) mass is 557 g/mol. The molecule has 0 unspecified atom stereocenters. The van der Waals surface area contributed by atoms with Crippen LogP contribution in [-0.2, 0) is 19.5 Å². The van der Waals surface area contributed by atoms with Crippen LogP contribution in [-0.4, -0.2) is 71.4 Å². The first-order valence-electron chi connectivity index (χ1n) is 11.0. The molecular formula is C22H36IN7S. The zero-order valence-corrected chi connectivity index (χ0v) is 22.3. The Labute approximate surface area is 208 Å². The van der Waals surface area contributed by atoms with Crippen molar-refractivity contribution in [1.29, 1.82) is 0 Å². The van der Waals surface area contributed by atoms with Crippen LogP contribution in [0.4, 0.5) is 5.13 Å². The van der Waals surface area contributed by atoms with Gasteiger partial charge in [-0.05, 0) is 24.2 Å². The van der Waals surface area contributed by atoms with E-state index in [2.05, 4.69) is 79.4 Å². The number of halogens is 1. The van der Waals surface area contributed by atoms with Gasteiger partial charge in [0, 0.05) is 64.3 Å². The van der Waals surface area contributed by atoms with Crippen molar-refractivity contribution in [3.8, 4) is 0 Å². The van der Waals surface area contributed by atoms with E-state index < -0.39 is 0 Å². The maximum absolute atomic E-state index is 4.62. The smallest absolute Gasteiger partial charge is 0.205 e. The lowest BCUT2D eigenvalue weighted by Gasteiger charge is -2.36. The number of aliphatic imine (C=N–C) groups is 1. The minimum atomic E-state index is 0. The highest BCUT2D eigenvalue weighted by Crippen LogP contribution is 2.19. The van der Waals surface area contributed by atoms with Crippen molar-refractivity contribution in [2.45, 2.75) is 40.3 Å². The molecule has 0 atom stereocenters. The molecule has 0 aliphatic carbocycles. The van der Waals surface area contributed by atoms with Crippen LogP contribution in [0.5, 0.6) is 0 Å². The summed E-state index contributed by atoms with van der Waals surface area (Å²) < 4.78 is 4.42. The number of nitrogens with zero attached hydrogens (tertiary/aromatic N) is 6. The quantitative estimate of drug-likeness (QED) is 0.305. The summed E-state index contributed by atoms with van der Waals surface area (Å²) >= 11 is 1.51. The summed E-state index contributed by atoms with van der Waals surface area (Å²) in [6, 6.07) is 8.86. The Hall–Kier alpha value is -1.46. The van der Waals surface area contributed by atoms with Crippen LogP contribution < -0.4 is 10.2 Å². The van der Waals surface area contributed by atoms with Crippen molar-refractivity contribution in [3.05, 3.63) is 41.2 Å². The molecule has 0 spiro atoms. The van der Waals surface area contributed by atoms with E-state index >= 15 is 0 Å². The summed E-state index contributed by atoms with van der Waals surface area (Å²) in [7, 11) is 1.86. The van der Waals surface area contributed by atoms with E-state index in [0.717, 1.165) is 75.7 Å². The van der Waals surface area contributed by atoms with Gasteiger partial charge in [-0.15, -0.1) is 24.0 Å².